The third kappa shape index (κ3) is 7.03. The number of rotatable bonds is 7. The molecular weight excluding hydrogens is 795 g/mol. The molecule has 6 heterocycles. The monoisotopic (exact) mass is 837 g/mol. The average molecular weight is 838 g/mol. The highest BCUT2D eigenvalue weighted by Gasteiger charge is 2.37. The van der Waals surface area contributed by atoms with E-state index in [1.54, 1.807) is 0 Å². The Morgan fingerprint density at radius 1 is 0.438 bits per heavy atom. The molecule has 312 valence electrons. The SMILES string of the molecule is COC(=O)C1=C(C)NC(C)=C(C(=O)OC)C1c1ccc(-c2c3nc(c(-c4ccccc4)c4ccc([nH]4)c(-c4ccccc4)c4nc(c(-c5ccccc5)c5ccc2[nH]5)C=C4)C=C3)cc1. The number of nitrogens with one attached hydrogen (secondary N) is 3. The van der Waals surface area contributed by atoms with Crippen molar-refractivity contribution in [1.29, 1.82) is 0 Å². The predicted molar refractivity (Wildman–Crippen MR) is 256 cm³/mol. The lowest BCUT2D eigenvalue weighted by atomic mass is 9.80. The number of methoxy groups -OCH3 is 2. The number of carbonyl (C=O) groups excluding carboxylic acids is 2. The van der Waals surface area contributed by atoms with Crippen LogP contribution in [0.5, 0.6) is 0 Å². The van der Waals surface area contributed by atoms with Crippen molar-refractivity contribution in [2.75, 3.05) is 14.2 Å². The summed E-state index contributed by atoms with van der Waals surface area (Å²) in [5, 5.41) is 3.19. The maximum absolute atomic E-state index is 13.3. The third-order valence-electron chi connectivity index (χ3n) is 12.0. The van der Waals surface area contributed by atoms with Crippen molar-refractivity contribution in [3.05, 3.63) is 190 Å². The smallest absolute Gasteiger partial charge is 0.336 e. The minimum Gasteiger partial charge on any atom is -0.466 e. The highest BCUT2D eigenvalue weighted by molar-refractivity contribution is 6.02. The average Bonchev–Trinajstić information content (AvgIpc) is 4.18. The van der Waals surface area contributed by atoms with Crippen LogP contribution < -0.4 is 5.32 Å². The van der Waals surface area contributed by atoms with E-state index in [2.05, 4.69) is 112 Å². The van der Waals surface area contributed by atoms with Gasteiger partial charge in [-0.1, -0.05) is 115 Å². The summed E-state index contributed by atoms with van der Waals surface area (Å²) in [5.41, 5.74) is 17.2. The van der Waals surface area contributed by atoms with Gasteiger partial charge in [0, 0.05) is 55.7 Å². The van der Waals surface area contributed by atoms with Crippen molar-refractivity contribution in [2.45, 2.75) is 19.8 Å². The van der Waals surface area contributed by atoms with Crippen molar-refractivity contribution in [2.24, 2.45) is 0 Å². The van der Waals surface area contributed by atoms with Crippen LogP contribution in [-0.4, -0.2) is 46.1 Å². The summed E-state index contributed by atoms with van der Waals surface area (Å²) in [7, 11) is 2.68. The lowest BCUT2D eigenvalue weighted by molar-refractivity contribution is -0.137. The molecule has 8 bridgehead atoms. The Kier molecular flexibility index (Phi) is 10.3. The molecule has 0 amide bonds. The Morgan fingerprint density at radius 3 is 1.06 bits per heavy atom. The van der Waals surface area contributed by atoms with Gasteiger partial charge >= 0.3 is 11.9 Å². The summed E-state index contributed by atoms with van der Waals surface area (Å²) in [6.07, 6.45) is 8.33. The first kappa shape index (κ1) is 39.8. The number of esters is 2. The van der Waals surface area contributed by atoms with Gasteiger partial charge in [-0.3, -0.25) is 0 Å². The molecule has 10 rings (SSSR count). The van der Waals surface area contributed by atoms with Gasteiger partial charge in [0.25, 0.3) is 0 Å². The maximum Gasteiger partial charge on any atom is 0.336 e. The zero-order chi connectivity index (χ0) is 43.9. The normalized spacial score (nSPS) is 13.6. The highest BCUT2D eigenvalue weighted by Crippen LogP contribution is 2.42. The molecule has 3 aromatic heterocycles. The first-order valence-corrected chi connectivity index (χ1v) is 21.1. The molecule has 7 aromatic rings. The molecular formula is C55H43N5O4. The van der Waals surface area contributed by atoms with Gasteiger partial charge in [-0.15, -0.1) is 0 Å². The number of benzene rings is 4. The Bertz CT molecular complexity index is 3230. The van der Waals surface area contributed by atoms with Crippen LogP contribution in [0.15, 0.2) is 162 Å². The molecule has 3 aliphatic heterocycles. The predicted octanol–water partition coefficient (Wildman–Crippen LogP) is 11.9. The van der Waals surface area contributed by atoms with Crippen LogP contribution in [0.1, 0.15) is 48.1 Å². The van der Waals surface area contributed by atoms with Crippen molar-refractivity contribution in [3.8, 4) is 44.5 Å². The van der Waals surface area contributed by atoms with Gasteiger partial charge in [0.2, 0.25) is 0 Å². The van der Waals surface area contributed by atoms with Gasteiger partial charge in [-0.25, -0.2) is 19.6 Å². The summed E-state index contributed by atoms with van der Waals surface area (Å²) in [6.45, 7) is 3.62. The summed E-state index contributed by atoms with van der Waals surface area (Å²) >= 11 is 0. The topological polar surface area (TPSA) is 122 Å². The lowest BCUT2D eigenvalue weighted by Gasteiger charge is -2.30. The van der Waals surface area contributed by atoms with Gasteiger partial charge in [0.15, 0.2) is 0 Å². The van der Waals surface area contributed by atoms with Gasteiger partial charge in [-0.2, -0.15) is 0 Å². The van der Waals surface area contributed by atoms with Crippen LogP contribution in [0.25, 0.3) is 90.9 Å². The molecule has 64 heavy (non-hydrogen) atoms. The van der Waals surface area contributed by atoms with E-state index >= 15 is 0 Å². The fraction of sp³-hybridized carbons (Fsp3) is 0.0909. The van der Waals surface area contributed by atoms with E-state index in [1.807, 2.05) is 80.6 Å². The molecule has 0 aliphatic carbocycles. The largest absolute Gasteiger partial charge is 0.466 e. The van der Waals surface area contributed by atoms with Gasteiger partial charge in [0.05, 0.1) is 54.1 Å². The summed E-state index contributed by atoms with van der Waals surface area (Å²) in [6, 6.07) is 47.4. The molecule has 0 saturated carbocycles. The van der Waals surface area contributed by atoms with Crippen LogP contribution in [-0.2, 0) is 19.1 Å². The number of hydrogen-bond acceptors (Lipinski definition) is 7. The van der Waals surface area contributed by atoms with Crippen LogP contribution in [0, 0.1) is 0 Å². The summed E-state index contributed by atoms with van der Waals surface area (Å²) in [4.78, 5) is 45.1. The molecule has 3 aliphatic rings. The molecule has 9 nitrogen and oxygen atoms in total. The number of hydrogen-bond donors (Lipinski definition) is 3. The number of carbonyl (C=O) groups is 2. The van der Waals surface area contributed by atoms with Crippen molar-refractivity contribution >= 4 is 58.3 Å². The Morgan fingerprint density at radius 2 is 0.750 bits per heavy atom. The van der Waals surface area contributed by atoms with Gasteiger partial charge in [-0.05, 0) is 90.2 Å². The minimum absolute atomic E-state index is 0.341. The van der Waals surface area contributed by atoms with Gasteiger partial charge in [0.1, 0.15) is 0 Å². The van der Waals surface area contributed by atoms with Crippen LogP contribution in [0.2, 0.25) is 0 Å². The lowest BCUT2D eigenvalue weighted by Crippen LogP contribution is -2.32. The number of fused-ring (bicyclic) bond motifs is 8. The van der Waals surface area contributed by atoms with E-state index in [-0.39, 0.29) is 0 Å². The molecule has 3 N–H and O–H groups in total. The Balaban J connectivity index is 1.28. The second kappa shape index (κ2) is 16.5. The van der Waals surface area contributed by atoms with Gasteiger partial charge < -0.3 is 24.8 Å². The van der Waals surface area contributed by atoms with E-state index in [4.69, 9.17) is 19.4 Å². The molecule has 0 unspecified atom stereocenters. The second-order valence-corrected chi connectivity index (χ2v) is 15.8. The molecule has 4 aromatic carbocycles. The first-order chi connectivity index (χ1) is 31.3. The zero-order valence-corrected chi connectivity index (χ0v) is 35.7. The number of aromatic nitrogens is 4. The van der Waals surface area contributed by atoms with Crippen LogP contribution in [0.3, 0.4) is 0 Å². The Hall–Kier alpha value is -8.30. The number of aromatic amines is 2. The summed E-state index contributed by atoms with van der Waals surface area (Å²) < 4.78 is 10.5. The van der Waals surface area contributed by atoms with E-state index < -0.39 is 17.9 Å². The van der Waals surface area contributed by atoms with Crippen molar-refractivity contribution in [3.63, 3.8) is 0 Å². The van der Waals surface area contributed by atoms with E-state index in [0.29, 0.717) is 22.5 Å². The fourth-order valence-electron chi connectivity index (χ4n) is 9.17. The molecule has 0 saturated heterocycles. The minimum atomic E-state index is -0.726. The molecule has 0 fully saturated rings. The molecule has 9 heteroatoms. The summed E-state index contributed by atoms with van der Waals surface area (Å²) in [5.74, 6) is -1.78. The second-order valence-electron chi connectivity index (χ2n) is 15.8. The standard InChI is InChI=1S/C55H43N5O4/c1-32-47(54(61)63-3)53(48(33(2)56-32)55(62)64-4)38-22-20-37(21-23-38)52-45-30-28-43(59-45)50(35-16-10-6-11-17-35)41-26-24-39(57-41)49(34-14-8-5-9-15-34)40-25-27-42(58-40)51(36-18-12-7-13-19-36)44-29-31-46(52)60-44/h5-31,53,56-57,60H,1-4H3. The number of allylic oxidation sites excluding steroid dienone is 2. The highest BCUT2D eigenvalue weighted by atomic mass is 16.5. The van der Waals surface area contributed by atoms with E-state index in [1.165, 1.54) is 14.2 Å². The number of dihydropyridines is 1. The zero-order valence-electron chi connectivity index (χ0n) is 35.7. The fourth-order valence-corrected chi connectivity index (χ4v) is 9.17. The molecule has 0 atom stereocenters. The van der Waals surface area contributed by atoms with E-state index in [9.17, 15) is 9.59 Å². The van der Waals surface area contributed by atoms with Crippen molar-refractivity contribution in [1.82, 2.24) is 25.3 Å². The quantitative estimate of drug-likeness (QED) is 0.137. The third-order valence-corrected chi connectivity index (χ3v) is 12.0. The van der Waals surface area contributed by atoms with Crippen LogP contribution in [0.4, 0.5) is 0 Å². The van der Waals surface area contributed by atoms with Crippen LogP contribution >= 0.6 is 0 Å². The number of ether oxygens (including phenoxy) is 2. The number of nitrogens with zero attached hydrogens (tertiary/aromatic N) is 2. The van der Waals surface area contributed by atoms with E-state index in [0.717, 1.165) is 94.9 Å². The number of H-pyrrole nitrogens is 2. The molecule has 0 spiro atoms. The Labute approximate surface area is 370 Å². The van der Waals surface area contributed by atoms with Crippen molar-refractivity contribution < 1.29 is 19.1 Å². The maximum atomic E-state index is 13.3. The first-order valence-electron chi connectivity index (χ1n) is 21.1. The molecule has 0 radical (unpaired) electrons.